The number of hydrogen-bond acceptors (Lipinski definition) is 4. The molecule has 0 saturated heterocycles. The van der Waals surface area contributed by atoms with Gasteiger partial charge in [-0.1, -0.05) is 48.9 Å². The van der Waals surface area contributed by atoms with Gasteiger partial charge in [-0.3, -0.25) is 9.59 Å². The monoisotopic (exact) mass is 399 g/mol. The van der Waals surface area contributed by atoms with Gasteiger partial charge in [-0.25, -0.2) is 0 Å². The van der Waals surface area contributed by atoms with Crippen LogP contribution in [0.4, 0.5) is 0 Å². The maximum atomic E-state index is 13.1. The first kappa shape index (κ1) is 20.0. The Labute approximate surface area is 168 Å². The summed E-state index contributed by atoms with van der Waals surface area (Å²) in [4.78, 5) is 25.2. The molecule has 28 heavy (non-hydrogen) atoms. The molecule has 0 aliphatic heterocycles. The molecule has 1 heterocycles. The zero-order valence-corrected chi connectivity index (χ0v) is 16.8. The van der Waals surface area contributed by atoms with Gasteiger partial charge in [0, 0.05) is 16.6 Å². The van der Waals surface area contributed by atoms with E-state index in [1.165, 1.54) is 0 Å². The number of ether oxygens (including phenoxy) is 1. The van der Waals surface area contributed by atoms with Crippen molar-refractivity contribution >= 4 is 28.5 Å². The summed E-state index contributed by atoms with van der Waals surface area (Å²) in [6.07, 6.45) is 0.803. The second kappa shape index (κ2) is 8.48. The van der Waals surface area contributed by atoms with E-state index < -0.39 is 0 Å². The quantitative estimate of drug-likeness (QED) is 0.651. The van der Waals surface area contributed by atoms with Crippen molar-refractivity contribution in [2.45, 2.75) is 33.2 Å². The van der Waals surface area contributed by atoms with Gasteiger partial charge in [0.15, 0.2) is 12.4 Å². The van der Waals surface area contributed by atoms with Crippen LogP contribution in [0.15, 0.2) is 51.7 Å². The smallest absolute Gasteiger partial charge is 0.258 e. The largest absolute Gasteiger partial charge is 0.476 e. The number of amides is 1. The van der Waals surface area contributed by atoms with Gasteiger partial charge in [0.25, 0.3) is 5.91 Å². The molecule has 0 aliphatic carbocycles. The van der Waals surface area contributed by atoms with E-state index in [4.69, 9.17) is 20.8 Å². The van der Waals surface area contributed by atoms with Crippen molar-refractivity contribution < 1.29 is 13.9 Å². The van der Waals surface area contributed by atoms with E-state index in [9.17, 15) is 9.59 Å². The van der Waals surface area contributed by atoms with Crippen LogP contribution in [0.1, 0.15) is 25.8 Å². The average molecular weight is 400 g/mol. The number of halogens is 1. The number of benzene rings is 2. The lowest BCUT2D eigenvalue weighted by Crippen LogP contribution is -2.36. The molecule has 1 amide bonds. The SMILES string of the molecule is CCC(C)NC(=O)COc1c(-c2ccccc2)oc2cc(C)c(Cl)cc2c1=O. The number of nitrogens with one attached hydrogen (secondary N) is 1. The highest BCUT2D eigenvalue weighted by Crippen LogP contribution is 2.32. The molecule has 6 heteroatoms. The average Bonchev–Trinajstić information content (AvgIpc) is 2.69. The molecule has 1 aromatic heterocycles. The van der Waals surface area contributed by atoms with Crippen LogP contribution in [0.3, 0.4) is 0 Å². The van der Waals surface area contributed by atoms with Crippen LogP contribution in [0, 0.1) is 6.92 Å². The van der Waals surface area contributed by atoms with Crippen molar-refractivity contribution in [1.82, 2.24) is 5.32 Å². The third-order valence-electron chi connectivity index (χ3n) is 4.53. The van der Waals surface area contributed by atoms with Crippen LogP contribution in [0.2, 0.25) is 5.02 Å². The maximum Gasteiger partial charge on any atom is 0.258 e. The lowest BCUT2D eigenvalue weighted by molar-refractivity contribution is -0.123. The highest BCUT2D eigenvalue weighted by atomic mass is 35.5. The number of fused-ring (bicyclic) bond motifs is 1. The molecular formula is C22H22ClNO4. The molecular weight excluding hydrogens is 378 g/mol. The Morgan fingerprint density at radius 2 is 1.96 bits per heavy atom. The molecule has 3 aromatic rings. The van der Waals surface area contributed by atoms with E-state index in [0.717, 1.165) is 12.0 Å². The number of carbonyl (C=O) groups is 1. The first-order valence-electron chi connectivity index (χ1n) is 9.15. The third-order valence-corrected chi connectivity index (χ3v) is 4.94. The normalized spacial score (nSPS) is 12.0. The van der Waals surface area contributed by atoms with Crippen LogP contribution in [-0.4, -0.2) is 18.6 Å². The zero-order valence-electron chi connectivity index (χ0n) is 16.0. The molecule has 0 fully saturated rings. The minimum absolute atomic E-state index is 0.00192. The van der Waals surface area contributed by atoms with Gasteiger partial charge in [0.2, 0.25) is 11.2 Å². The van der Waals surface area contributed by atoms with Gasteiger partial charge in [-0.15, -0.1) is 0 Å². The molecule has 3 rings (SSSR count). The molecule has 146 valence electrons. The second-order valence-corrected chi connectivity index (χ2v) is 7.13. The maximum absolute atomic E-state index is 13.1. The molecule has 0 bridgehead atoms. The summed E-state index contributed by atoms with van der Waals surface area (Å²) in [5.41, 5.74) is 1.55. The topological polar surface area (TPSA) is 68.5 Å². The molecule has 1 atom stereocenters. The Kier molecular flexibility index (Phi) is 6.05. The highest BCUT2D eigenvalue weighted by Gasteiger charge is 2.20. The molecule has 5 nitrogen and oxygen atoms in total. The van der Waals surface area contributed by atoms with Crippen molar-refractivity contribution in [3.8, 4) is 17.1 Å². The number of rotatable bonds is 6. The Morgan fingerprint density at radius 1 is 1.25 bits per heavy atom. The van der Waals surface area contributed by atoms with Crippen LogP contribution in [-0.2, 0) is 4.79 Å². The fraction of sp³-hybridized carbons (Fsp3) is 0.273. The summed E-state index contributed by atoms with van der Waals surface area (Å²) in [6.45, 7) is 5.44. The van der Waals surface area contributed by atoms with Gasteiger partial charge in [-0.05, 0) is 38.0 Å². The van der Waals surface area contributed by atoms with E-state index in [0.29, 0.717) is 21.6 Å². The molecule has 0 spiro atoms. The number of carbonyl (C=O) groups excluding carboxylic acids is 1. The van der Waals surface area contributed by atoms with Gasteiger partial charge in [0.05, 0.1) is 5.39 Å². The molecule has 1 unspecified atom stereocenters. The molecule has 0 aliphatic rings. The van der Waals surface area contributed by atoms with Gasteiger partial charge < -0.3 is 14.5 Å². The van der Waals surface area contributed by atoms with E-state index >= 15 is 0 Å². The summed E-state index contributed by atoms with van der Waals surface area (Å²) in [7, 11) is 0. The molecule has 0 radical (unpaired) electrons. The number of hydrogen-bond donors (Lipinski definition) is 1. The van der Waals surface area contributed by atoms with Gasteiger partial charge in [-0.2, -0.15) is 0 Å². The van der Waals surface area contributed by atoms with Crippen molar-refractivity contribution in [2.24, 2.45) is 0 Å². The van der Waals surface area contributed by atoms with Crippen LogP contribution in [0.25, 0.3) is 22.3 Å². The Bertz CT molecular complexity index is 1060. The summed E-state index contributed by atoms with van der Waals surface area (Å²) in [6, 6.07) is 12.5. The summed E-state index contributed by atoms with van der Waals surface area (Å²) in [5.74, 6) is -0.0103. The summed E-state index contributed by atoms with van der Waals surface area (Å²) in [5, 5.41) is 3.59. The first-order valence-corrected chi connectivity index (χ1v) is 9.53. The Balaban J connectivity index is 2.08. The second-order valence-electron chi connectivity index (χ2n) is 6.72. The predicted octanol–water partition coefficient (Wildman–Crippen LogP) is 4.72. The van der Waals surface area contributed by atoms with Crippen molar-refractivity contribution in [2.75, 3.05) is 6.61 Å². The molecule has 0 saturated carbocycles. The van der Waals surface area contributed by atoms with E-state index in [2.05, 4.69) is 5.32 Å². The van der Waals surface area contributed by atoms with Crippen LogP contribution in [0.5, 0.6) is 5.75 Å². The lowest BCUT2D eigenvalue weighted by atomic mass is 10.1. The van der Waals surface area contributed by atoms with Crippen molar-refractivity contribution in [3.05, 3.63) is 63.3 Å². The minimum Gasteiger partial charge on any atom is -0.476 e. The van der Waals surface area contributed by atoms with E-state index in [-0.39, 0.29) is 35.5 Å². The third kappa shape index (κ3) is 4.20. The fourth-order valence-electron chi connectivity index (χ4n) is 2.77. The van der Waals surface area contributed by atoms with Crippen LogP contribution >= 0.6 is 11.6 Å². The summed E-state index contributed by atoms with van der Waals surface area (Å²) < 4.78 is 11.7. The number of aryl methyl sites for hydroxylation is 1. The van der Waals surface area contributed by atoms with Crippen molar-refractivity contribution in [3.63, 3.8) is 0 Å². The Morgan fingerprint density at radius 3 is 2.64 bits per heavy atom. The predicted molar refractivity (Wildman–Crippen MR) is 111 cm³/mol. The molecule has 1 N–H and O–H groups in total. The van der Waals surface area contributed by atoms with Gasteiger partial charge >= 0.3 is 0 Å². The highest BCUT2D eigenvalue weighted by molar-refractivity contribution is 6.32. The van der Waals surface area contributed by atoms with Crippen molar-refractivity contribution in [1.29, 1.82) is 0 Å². The first-order chi connectivity index (χ1) is 13.4. The minimum atomic E-state index is -0.363. The fourth-order valence-corrected chi connectivity index (χ4v) is 2.93. The van der Waals surface area contributed by atoms with E-state index in [1.807, 2.05) is 51.1 Å². The standard InChI is InChI=1S/C22H22ClNO4/c1-4-14(3)24-19(25)12-27-22-20(26)16-11-17(23)13(2)10-18(16)28-21(22)15-8-6-5-7-9-15/h5-11,14H,4,12H2,1-3H3,(H,24,25). The Hall–Kier alpha value is -2.79. The van der Waals surface area contributed by atoms with Gasteiger partial charge in [0.1, 0.15) is 5.58 Å². The molecule has 2 aromatic carbocycles. The van der Waals surface area contributed by atoms with Crippen LogP contribution < -0.4 is 15.5 Å². The lowest BCUT2D eigenvalue weighted by Gasteiger charge is -2.14. The summed E-state index contributed by atoms with van der Waals surface area (Å²) >= 11 is 6.18. The van der Waals surface area contributed by atoms with E-state index in [1.54, 1.807) is 12.1 Å². The zero-order chi connectivity index (χ0) is 20.3.